The van der Waals surface area contributed by atoms with Crippen molar-refractivity contribution in [2.45, 2.75) is 6.92 Å². The van der Waals surface area contributed by atoms with E-state index in [0.29, 0.717) is 5.82 Å². The van der Waals surface area contributed by atoms with Gasteiger partial charge in [-0.1, -0.05) is 6.07 Å². The number of nitrogens with one attached hydrogen (secondary N) is 1. The molecule has 1 aromatic carbocycles. The predicted molar refractivity (Wildman–Crippen MR) is 88.5 cm³/mol. The third-order valence-electron chi connectivity index (χ3n) is 3.29. The lowest BCUT2D eigenvalue weighted by molar-refractivity contribution is 0.415. The molecule has 0 aliphatic heterocycles. The van der Waals surface area contributed by atoms with Gasteiger partial charge in [-0.3, -0.25) is 10.4 Å². The van der Waals surface area contributed by atoms with Crippen molar-refractivity contribution < 1.29 is 4.74 Å². The normalized spacial score (nSPS) is 11.0. The number of hydrazone groups is 1. The maximum Gasteiger partial charge on any atom is 0.147 e. The van der Waals surface area contributed by atoms with Crippen molar-refractivity contribution in [3.63, 3.8) is 0 Å². The van der Waals surface area contributed by atoms with E-state index in [9.17, 15) is 0 Å². The molecule has 0 aliphatic rings. The summed E-state index contributed by atoms with van der Waals surface area (Å²) >= 11 is 0. The highest BCUT2D eigenvalue weighted by Crippen LogP contribution is 2.24. The van der Waals surface area contributed by atoms with Crippen LogP contribution in [0.1, 0.15) is 11.3 Å². The molecule has 110 valence electrons. The molecular weight excluding hydrogens is 276 g/mol. The van der Waals surface area contributed by atoms with Gasteiger partial charge < -0.3 is 4.74 Å². The smallest absolute Gasteiger partial charge is 0.147 e. The van der Waals surface area contributed by atoms with Gasteiger partial charge in [0.05, 0.1) is 24.5 Å². The standard InChI is InChI=1S/C17H16N4O/c1-12-9-17(21-19-11-13-5-3-4-8-18-13)20-16-10-14(22-2)6-7-15(12)16/h3-11H,1-2H3,(H,20,21)/b19-11-. The number of ether oxygens (including phenoxy) is 1. The first-order valence-corrected chi connectivity index (χ1v) is 6.92. The third-order valence-corrected chi connectivity index (χ3v) is 3.29. The van der Waals surface area contributed by atoms with Crippen LogP contribution in [0.2, 0.25) is 0 Å². The molecule has 0 radical (unpaired) electrons. The Hall–Kier alpha value is -2.95. The number of hydrogen-bond acceptors (Lipinski definition) is 5. The van der Waals surface area contributed by atoms with Crippen LogP contribution >= 0.6 is 0 Å². The Morgan fingerprint density at radius 2 is 2.09 bits per heavy atom. The molecule has 0 fully saturated rings. The first-order valence-electron chi connectivity index (χ1n) is 6.92. The van der Waals surface area contributed by atoms with Crippen molar-refractivity contribution in [3.8, 4) is 5.75 Å². The average Bonchev–Trinajstić information content (AvgIpc) is 2.55. The highest BCUT2D eigenvalue weighted by Gasteiger charge is 2.03. The first kappa shape index (κ1) is 14.0. The minimum atomic E-state index is 0.686. The predicted octanol–water partition coefficient (Wildman–Crippen LogP) is 3.39. The summed E-state index contributed by atoms with van der Waals surface area (Å²) in [5.74, 6) is 1.47. The molecule has 0 bridgehead atoms. The number of anilines is 1. The number of aryl methyl sites for hydroxylation is 1. The van der Waals surface area contributed by atoms with Crippen LogP contribution in [0.5, 0.6) is 5.75 Å². The monoisotopic (exact) mass is 292 g/mol. The number of methoxy groups -OCH3 is 1. The van der Waals surface area contributed by atoms with Crippen molar-refractivity contribution in [2.75, 3.05) is 12.5 Å². The summed E-state index contributed by atoms with van der Waals surface area (Å²) in [6, 6.07) is 13.5. The Labute approximate surface area is 128 Å². The zero-order valence-corrected chi connectivity index (χ0v) is 12.4. The summed E-state index contributed by atoms with van der Waals surface area (Å²) in [6.45, 7) is 2.05. The van der Waals surface area contributed by atoms with E-state index in [0.717, 1.165) is 27.9 Å². The highest BCUT2D eigenvalue weighted by atomic mass is 16.5. The van der Waals surface area contributed by atoms with Gasteiger partial charge in [-0.25, -0.2) is 4.98 Å². The second-order valence-corrected chi connectivity index (χ2v) is 4.83. The van der Waals surface area contributed by atoms with Crippen LogP contribution in [0.3, 0.4) is 0 Å². The highest BCUT2D eigenvalue weighted by molar-refractivity contribution is 5.85. The van der Waals surface area contributed by atoms with E-state index in [2.05, 4.69) is 20.5 Å². The van der Waals surface area contributed by atoms with Gasteiger partial charge in [-0.05, 0) is 42.8 Å². The van der Waals surface area contributed by atoms with Gasteiger partial charge in [-0.2, -0.15) is 5.10 Å². The topological polar surface area (TPSA) is 59.4 Å². The van der Waals surface area contributed by atoms with Gasteiger partial charge in [-0.15, -0.1) is 0 Å². The lowest BCUT2D eigenvalue weighted by Crippen LogP contribution is -1.96. The fourth-order valence-corrected chi connectivity index (χ4v) is 2.18. The summed E-state index contributed by atoms with van der Waals surface area (Å²) in [5.41, 5.74) is 5.73. The maximum atomic E-state index is 5.24. The molecule has 0 spiro atoms. The fraction of sp³-hybridized carbons (Fsp3) is 0.118. The van der Waals surface area contributed by atoms with Crippen LogP contribution in [0.4, 0.5) is 5.82 Å². The lowest BCUT2D eigenvalue weighted by Gasteiger charge is -2.07. The average molecular weight is 292 g/mol. The molecule has 3 aromatic rings. The summed E-state index contributed by atoms with van der Waals surface area (Å²) in [7, 11) is 1.65. The fourth-order valence-electron chi connectivity index (χ4n) is 2.18. The second kappa shape index (κ2) is 6.22. The van der Waals surface area contributed by atoms with Gasteiger partial charge >= 0.3 is 0 Å². The molecule has 2 aromatic heterocycles. The van der Waals surface area contributed by atoms with Crippen molar-refractivity contribution in [1.29, 1.82) is 0 Å². The molecule has 2 heterocycles. The summed E-state index contributed by atoms with van der Waals surface area (Å²) in [6.07, 6.45) is 3.39. The largest absolute Gasteiger partial charge is 0.497 e. The van der Waals surface area contributed by atoms with E-state index in [1.54, 1.807) is 19.5 Å². The molecule has 0 atom stereocenters. The zero-order chi connectivity index (χ0) is 15.4. The Morgan fingerprint density at radius 1 is 1.18 bits per heavy atom. The van der Waals surface area contributed by atoms with Gasteiger partial charge in [0, 0.05) is 17.6 Å². The van der Waals surface area contributed by atoms with Gasteiger partial charge in [0.15, 0.2) is 0 Å². The van der Waals surface area contributed by atoms with E-state index in [-0.39, 0.29) is 0 Å². The quantitative estimate of drug-likeness (QED) is 0.591. The van der Waals surface area contributed by atoms with E-state index in [1.807, 2.05) is 49.4 Å². The van der Waals surface area contributed by atoms with Crippen molar-refractivity contribution in [1.82, 2.24) is 9.97 Å². The Kier molecular flexibility index (Phi) is 3.96. The molecular formula is C17H16N4O. The van der Waals surface area contributed by atoms with Crippen LogP contribution < -0.4 is 10.2 Å². The second-order valence-electron chi connectivity index (χ2n) is 4.83. The molecule has 0 amide bonds. The van der Waals surface area contributed by atoms with Gasteiger partial charge in [0.25, 0.3) is 0 Å². The van der Waals surface area contributed by atoms with Gasteiger partial charge in [0.1, 0.15) is 11.6 Å². The van der Waals surface area contributed by atoms with Crippen LogP contribution in [-0.4, -0.2) is 23.3 Å². The number of fused-ring (bicyclic) bond motifs is 1. The summed E-state index contributed by atoms with van der Waals surface area (Å²) in [5, 5.41) is 5.27. The number of benzene rings is 1. The van der Waals surface area contributed by atoms with Crippen LogP contribution in [0, 0.1) is 6.92 Å². The minimum Gasteiger partial charge on any atom is -0.497 e. The number of hydrogen-bond donors (Lipinski definition) is 1. The number of aromatic nitrogens is 2. The maximum absolute atomic E-state index is 5.24. The molecule has 3 rings (SSSR count). The number of pyridine rings is 2. The molecule has 0 saturated carbocycles. The van der Waals surface area contributed by atoms with Crippen molar-refractivity contribution >= 4 is 22.9 Å². The van der Waals surface area contributed by atoms with Crippen LogP contribution in [0.25, 0.3) is 10.9 Å². The van der Waals surface area contributed by atoms with E-state index in [1.165, 1.54) is 0 Å². The first-order chi connectivity index (χ1) is 10.8. The summed E-state index contributed by atoms with van der Waals surface area (Å²) < 4.78 is 5.24. The summed E-state index contributed by atoms with van der Waals surface area (Å²) in [4.78, 5) is 8.72. The van der Waals surface area contributed by atoms with Crippen LogP contribution in [-0.2, 0) is 0 Å². The van der Waals surface area contributed by atoms with Gasteiger partial charge in [0.2, 0.25) is 0 Å². The molecule has 5 nitrogen and oxygen atoms in total. The molecule has 0 unspecified atom stereocenters. The van der Waals surface area contributed by atoms with E-state index in [4.69, 9.17) is 4.74 Å². The van der Waals surface area contributed by atoms with Crippen LogP contribution in [0.15, 0.2) is 53.8 Å². The third kappa shape index (κ3) is 3.03. The zero-order valence-electron chi connectivity index (χ0n) is 12.4. The molecule has 0 aliphatic carbocycles. The molecule has 22 heavy (non-hydrogen) atoms. The number of rotatable bonds is 4. The van der Waals surface area contributed by atoms with E-state index < -0.39 is 0 Å². The molecule has 5 heteroatoms. The Balaban J connectivity index is 1.86. The number of nitrogens with zero attached hydrogens (tertiary/aromatic N) is 3. The SMILES string of the molecule is COc1ccc2c(C)cc(N/N=C\c3ccccn3)nc2c1. The molecule has 1 N–H and O–H groups in total. The Bertz CT molecular complexity index is 816. The lowest BCUT2D eigenvalue weighted by atomic mass is 10.1. The van der Waals surface area contributed by atoms with E-state index >= 15 is 0 Å². The minimum absolute atomic E-state index is 0.686. The van der Waals surface area contributed by atoms with Crippen molar-refractivity contribution in [2.24, 2.45) is 5.10 Å². The van der Waals surface area contributed by atoms with Crippen molar-refractivity contribution in [3.05, 3.63) is 59.9 Å². The Morgan fingerprint density at radius 3 is 2.86 bits per heavy atom. The molecule has 0 saturated heterocycles.